The molecule has 0 radical (unpaired) electrons. The highest BCUT2D eigenvalue weighted by atomic mass is 16.1. The van der Waals surface area contributed by atoms with Crippen LogP contribution >= 0.6 is 0 Å². The average Bonchev–Trinajstić information content (AvgIpc) is 2.48. The van der Waals surface area contributed by atoms with E-state index in [9.17, 15) is 4.79 Å². The van der Waals surface area contributed by atoms with Gasteiger partial charge in [0.15, 0.2) is 5.78 Å². The molecule has 2 heteroatoms. The molecular formula is C17H19NO. The zero-order chi connectivity index (χ0) is 13.5. The Morgan fingerprint density at radius 3 is 2.16 bits per heavy atom. The van der Waals surface area contributed by atoms with Gasteiger partial charge in [0, 0.05) is 6.42 Å². The fourth-order valence-electron chi connectivity index (χ4n) is 2.11. The third kappa shape index (κ3) is 4.04. The molecule has 2 aromatic carbocycles. The monoisotopic (exact) mass is 253 g/mol. The minimum absolute atomic E-state index is 0.113. The maximum atomic E-state index is 12.0. The lowest BCUT2D eigenvalue weighted by atomic mass is 9.99. The summed E-state index contributed by atoms with van der Waals surface area (Å²) in [6, 6.07) is 19.3. The Kier molecular flexibility index (Phi) is 4.87. The van der Waals surface area contributed by atoms with Crippen molar-refractivity contribution in [2.45, 2.75) is 25.3 Å². The van der Waals surface area contributed by atoms with Crippen LogP contribution in [0.15, 0.2) is 60.7 Å². The van der Waals surface area contributed by atoms with Gasteiger partial charge in [0.1, 0.15) is 0 Å². The van der Waals surface area contributed by atoms with Crippen LogP contribution in [0.5, 0.6) is 0 Å². The summed E-state index contributed by atoms with van der Waals surface area (Å²) in [5.74, 6) is 0.113. The molecule has 0 aliphatic heterocycles. The van der Waals surface area contributed by atoms with Gasteiger partial charge in [-0.2, -0.15) is 0 Å². The Bertz CT molecular complexity index is 507. The fourth-order valence-corrected chi connectivity index (χ4v) is 2.11. The maximum absolute atomic E-state index is 12.0. The molecule has 0 bridgehead atoms. The first kappa shape index (κ1) is 13.5. The number of hydrogen-bond donors (Lipinski definition) is 1. The second-order valence-corrected chi connectivity index (χ2v) is 4.69. The molecule has 2 nitrogen and oxygen atoms in total. The van der Waals surface area contributed by atoms with E-state index < -0.39 is 6.04 Å². The van der Waals surface area contributed by atoms with Gasteiger partial charge in [-0.1, -0.05) is 60.7 Å². The molecule has 98 valence electrons. The molecule has 0 aromatic heterocycles. The molecule has 1 atom stereocenters. The molecule has 19 heavy (non-hydrogen) atoms. The molecule has 0 saturated carbocycles. The van der Waals surface area contributed by atoms with Crippen LogP contribution in [-0.4, -0.2) is 5.78 Å². The van der Waals surface area contributed by atoms with E-state index in [1.165, 1.54) is 5.56 Å². The van der Waals surface area contributed by atoms with Crippen LogP contribution in [0.4, 0.5) is 0 Å². The van der Waals surface area contributed by atoms with Crippen molar-refractivity contribution in [3.63, 3.8) is 0 Å². The SMILES string of the molecule is NC(C(=O)CCCc1ccccc1)c1ccccc1. The molecule has 0 fully saturated rings. The van der Waals surface area contributed by atoms with E-state index in [1.807, 2.05) is 48.5 Å². The first-order valence-corrected chi connectivity index (χ1v) is 6.64. The Hall–Kier alpha value is -1.93. The number of benzene rings is 2. The lowest BCUT2D eigenvalue weighted by Gasteiger charge is -2.10. The van der Waals surface area contributed by atoms with E-state index in [2.05, 4.69) is 12.1 Å². The summed E-state index contributed by atoms with van der Waals surface area (Å²) >= 11 is 0. The molecular weight excluding hydrogens is 234 g/mol. The van der Waals surface area contributed by atoms with E-state index in [4.69, 9.17) is 5.73 Å². The number of ketones is 1. The molecule has 2 N–H and O–H groups in total. The fraction of sp³-hybridized carbons (Fsp3) is 0.235. The van der Waals surface area contributed by atoms with Gasteiger partial charge >= 0.3 is 0 Å². The van der Waals surface area contributed by atoms with Gasteiger partial charge in [0.2, 0.25) is 0 Å². The lowest BCUT2D eigenvalue weighted by Crippen LogP contribution is -2.21. The number of rotatable bonds is 6. The Labute approximate surface area is 114 Å². The number of carbonyl (C=O) groups excluding carboxylic acids is 1. The largest absolute Gasteiger partial charge is 0.318 e. The quantitative estimate of drug-likeness (QED) is 0.858. The van der Waals surface area contributed by atoms with E-state index in [1.54, 1.807) is 0 Å². The second-order valence-electron chi connectivity index (χ2n) is 4.69. The van der Waals surface area contributed by atoms with Gasteiger partial charge in [-0.3, -0.25) is 4.79 Å². The van der Waals surface area contributed by atoms with E-state index >= 15 is 0 Å². The van der Waals surface area contributed by atoms with Gasteiger partial charge in [0.25, 0.3) is 0 Å². The van der Waals surface area contributed by atoms with Crippen molar-refractivity contribution in [2.24, 2.45) is 5.73 Å². The van der Waals surface area contributed by atoms with Crippen LogP contribution in [-0.2, 0) is 11.2 Å². The second kappa shape index (κ2) is 6.86. The summed E-state index contributed by atoms with van der Waals surface area (Å²) < 4.78 is 0. The van der Waals surface area contributed by atoms with Crippen LogP contribution in [0.25, 0.3) is 0 Å². The standard InChI is InChI=1S/C17H19NO/c18-17(15-11-5-2-6-12-15)16(19)13-7-10-14-8-3-1-4-9-14/h1-6,8-9,11-12,17H,7,10,13,18H2. The molecule has 2 aromatic rings. The Morgan fingerprint density at radius 1 is 0.947 bits per heavy atom. The third-order valence-corrected chi connectivity index (χ3v) is 3.24. The molecule has 1 unspecified atom stereocenters. The minimum atomic E-state index is -0.489. The van der Waals surface area contributed by atoms with Crippen LogP contribution in [0, 0.1) is 0 Å². The molecule has 0 amide bonds. The van der Waals surface area contributed by atoms with Gasteiger partial charge in [-0.05, 0) is 24.0 Å². The number of Topliss-reactive ketones (excluding diaryl/α,β-unsaturated/α-hetero) is 1. The zero-order valence-electron chi connectivity index (χ0n) is 11.0. The highest BCUT2D eigenvalue weighted by molar-refractivity contribution is 5.85. The summed E-state index contributed by atoms with van der Waals surface area (Å²) in [5.41, 5.74) is 8.13. The van der Waals surface area contributed by atoms with Gasteiger partial charge in [-0.15, -0.1) is 0 Å². The molecule has 0 saturated heterocycles. The Balaban J connectivity index is 1.82. The minimum Gasteiger partial charge on any atom is -0.318 e. The highest BCUT2D eigenvalue weighted by Crippen LogP contribution is 2.14. The van der Waals surface area contributed by atoms with Crippen LogP contribution in [0.3, 0.4) is 0 Å². The maximum Gasteiger partial charge on any atom is 0.154 e. The third-order valence-electron chi connectivity index (χ3n) is 3.24. The van der Waals surface area contributed by atoms with Crippen molar-refractivity contribution in [3.8, 4) is 0 Å². The molecule has 2 rings (SSSR count). The van der Waals surface area contributed by atoms with Crippen molar-refractivity contribution < 1.29 is 4.79 Å². The smallest absolute Gasteiger partial charge is 0.154 e. The number of hydrogen-bond acceptors (Lipinski definition) is 2. The summed E-state index contributed by atoms with van der Waals surface area (Å²) in [5, 5.41) is 0. The van der Waals surface area contributed by atoms with Gasteiger partial charge in [-0.25, -0.2) is 0 Å². The molecule has 0 heterocycles. The van der Waals surface area contributed by atoms with E-state index in [0.717, 1.165) is 18.4 Å². The summed E-state index contributed by atoms with van der Waals surface area (Å²) in [7, 11) is 0. The van der Waals surface area contributed by atoms with Crippen molar-refractivity contribution in [2.75, 3.05) is 0 Å². The van der Waals surface area contributed by atoms with E-state index in [-0.39, 0.29) is 5.78 Å². The molecule has 0 aliphatic carbocycles. The average molecular weight is 253 g/mol. The molecule has 0 aliphatic rings. The van der Waals surface area contributed by atoms with Crippen molar-refractivity contribution in [1.29, 1.82) is 0 Å². The predicted molar refractivity (Wildman–Crippen MR) is 77.8 cm³/mol. The highest BCUT2D eigenvalue weighted by Gasteiger charge is 2.14. The van der Waals surface area contributed by atoms with Crippen molar-refractivity contribution in [3.05, 3.63) is 71.8 Å². The van der Waals surface area contributed by atoms with Crippen LogP contribution < -0.4 is 5.73 Å². The van der Waals surface area contributed by atoms with Crippen LogP contribution in [0.1, 0.15) is 30.0 Å². The summed E-state index contributed by atoms with van der Waals surface area (Å²) in [4.78, 5) is 12.0. The Morgan fingerprint density at radius 2 is 1.53 bits per heavy atom. The summed E-state index contributed by atoms with van der Waals surface area (Å²) in [6.07, 6.45) is 2.31. The first-order valence-electron chi connectivity index (χ1n) is 6.64. The predicted octanol–water partition coefficient (Wildman–Crippen LogP) is 3.28. The van der Waals surface area contributed by atoms with Gasteiger partial charge < -0.3 is 5.73 Å². The first-order chi connectivity index (χ1) is 9.27. The number of carbonyl (C=O) groups is 1. The van der Waals surface area contributed by atoms with Crippen molar-refractivity contribution >= 4 is 5.78 Å². The van der Waals surface area contributed by atoms with E-state index in [0.29, 0.717) is 6.42 Å². The number of nitrogens with two attached hydrogens (primary N) is 1. The van der Waals surface area contributed by atoms with Crippen molar-refractivity contribution in [1.82, 2.24) is 0 Å². The topological polar surface area (TPSA) is 43.1 Å². The normalized spacial score (nSPS) is 12.1. The van der Waals surface area contributed by atoms with Crippen LogP contribution in [0.2, 0.25) is 0 Å². The molecule has 0 spiro atoms. The van der Waals surface area contributed by atoms with Gasteiger partial charge in [0.05, 0.1) is 6.04 Å². The summed E-state index contributed by atoms with van der Waals surface area (Å²) in [6.45, 7) is 0. The lowest BCUT2D eigenvalue weighted by molar-refractivity contribution is -0.120. The number of aryl methyl sites for hydroxylation is 1. The zero-order valence-corrected chi connectivity index (χ0v) is 11.0.